The summed E-state index contributed by atoms with van der Waals surface area (Å²) in [7, 11) is 0. The second kappa shape index (κ2) is 7.21. The Morgan fingerprint density at radius 2 is 1.80 bits per heavy atom. The summed E-state index contributed by atoms with van der Waals surface area (Å²) in [6.07, 6.45) is 15.0. The predicted octanol–water partition coefficient (Wildman–Crippen LogP) is 5.21. The lowest BCUT2D eigenvalue weighted by atomic mass is 9.63. The molecule has 0 radical (unpaired) electrons. The first-order chi connectivity index (χ1) is 14.6. The van der Waals surface area contributed by atoms with Crippen molar-refractivity contribution in [1.82, 2.24) is 0 Å². The number of rotatable bonds is 5. The lowest BCUT2D eigenvalue weighted by Gasteiger charge is -2.43. The molecule has 0 spiro atoms. The molecule has 4 bridgehead atoms. The first-order valence-electron chi connectivity index (χ1n) is 12.1. The van der Waals surface area contributed by atoms with Crippen LogP contribution in [0.4, 0.5) is 0 Å². The van der Waals surface area contributed by atoms with Crippen molar-refractivity contribution in [2.24, 2.45) is 33.9 Å². The first kappa shape index (κ1) is 19.6. The van der Waals surface area contributed by atoms with E-state index in [-0.39, 0.29) is 10.8 Å². The lowest BCUT2D eigenvalue weighted by Crippen LogP contribution is -2.39. The third kappa shape index (κ3) is 3.13. The van der Waals surface area contributed by atoms with Crippen molar-refractivity contribution in [3.8, 4) is 0 Å². The van der Waals surface area contributed by atoms with E-state index in [9.17, 15) is 0 Å². The maximum Gasteiger partial charge on any atom is 0.109 e. The van der Waals surface area contributed by atoms with Gasteiger partial charge in [-0.15, -0.1) is 0 Å². The van der Waals surface area contributed by atoms with Crippen molar-refractivity contribution in [3.63, 3.8) is 0 Å². The van der Waals surface area contributed by atoms with Crippen LogP contribution in [0.2, 0.25) is 0 Å². The second-order valence-corrected chi connectivity index (χ2v) is 11.4. The topological polar surface area (TPSA) is 47.6 Å². The van der Waals surface area contributed by atoms with E-state index < -0.39 is 0 Å². The molecule has 6 saturated carbocycles. The summed E-state index contributed by atoms with van der Waals surface area (Å²) in [6.45, 7) is 0. The first-order valence-corrected chi connectivity index (χ1v) is 12.5. The average molecular weight is 423 g/mol. The highest BCUT2D eigenvalue weighted by Crippen LogP contribution is 2.72. The summed E-state index contributed by atoms with van der Waals surface area (Å²) >= 11 is 6.11. The van der Waals surface area contributed by atoms with E-state index in [1.54, 1.807) is 0 Å². The van der Waals surface area contributed by atoms with Gasteiger partial charge in [0, 0.05) is 17.7 Å². The standard InChI is InChI=1S/C26H34N2OS/c27-20-8-6-17(7-9-20)15-28-24(30)26-13-18-12-25(16-26,19-4-2-1-3-5-19)14-22(26)23(18)29-21-10-11-21/h1-5,15,17-18,20-23H,6-14,16,27H2/b28-15+. The van der Waals surface area contributed by atoms with Crippen molar-refractivity contribution < 1.29 is 4.74 Å². The molecule has 0 aliphatic heterocycles. The Morgan fingerprint density at radius 3 is 2.53 bits per heavy atom. The van der Waals surface area contributed by atoms with Gasteiger partial charge in [-0.05, 0) is 92.9 Å². The van der Waals surface area contributed by atoms with Gasteiger partial charge in [-0.3, -0.25) is 4.99 Å². The number of nitrogens with zero attached hydrogens (tertiary/aromatic N) is 1. The molecule has 1 aromatic carbocycles. The maximum absolute atomic E-state index is 6.62. The molecule has 5 atom stereocenters. The Kier molecular flexibility index (Phi) is 4.71. The SMILES string of the molecule is NC1CCC(/C=N/C(=S)C23CC4CC(c5ccccc5)(CC2C4OC2CC2)C3)CC1. The number of nitrogens with two attached hydrogens (primary N) is 1. The van der Waals surface area contributed by atoms with Crippen LogP contribution in [0.3, 0.4) is 0 Å². The second-order valence-electron chi connectivity index (χ2n) is 11.0. The number of aliphatic imine (C=N–C) groups is 1. The molecule has 3 nitrogen and oxygen atoms in total. The predicted molar refractivity (Wildman–Crippen MR) is 125 cm³/mol. The molecule has 7 rings (SSSR count). The Morgan fingerprint density at radius 1 is 1.03 bits per heavy atom. The number of thiocarbonyl (C=S) groups is 1. The smallest absolute Gasteiger partial charge is 0.109 e. The fourth-order valence-electron chi connectivity index (χ4n) is 7.51. The van der Waals surface area contributed by atoms with E-state index in [4.69, 9.17) is 27.7 Å². The van der Waals surface area contributed by atoms with Crippen molar-refractivity contribution >= 4 is 23.4 Å². The Balaban J connectivity index is 1.28. The number of hydrogen-bond donors (Lipinski definition) is 1. The van der Waals surface area contributed by atoms with Crippen LogP contribution in [0.1, 0.15) is 69.8 Å². The monoisotopic (exact) mass is 422 g/mol. The molecule has 5 unspecified atom stereocenters. The van der Waals surface area contributed by atoms with Crippen LogP contribution in [-0.4, -0.2) is 29.5 Å². The van der Waals surface area contributed by atoms with Crippen molar-refractivity contribution in [1.29, 1.82) is 0 Å². The van der Waals surface area contributed by atoms with Gasteiger partial charge in [0.1, 0.15) is 4.99 Å². The molecule has 0 amide bonds. The highest BCUT2D eigenvalue weighted by molar-refractivity contribution is 7.80. The van der Waals surface area contributed by atoms with E-state index in [0.717, 1.165) is 30.7 Å². The lowest BCUT2D eigenvalue weighted by molar-refractivity contribution is -0.0381. The Hall–Kier alpha value is -1.10. The maximum atomic E-state index is 6.62. The molecule has 6 fully saturated rings. The van der Waals surface area contributed by atoms with Gasteiger partial charge >= 0.3 is 0 Å². The van der Waals surface area contributed by atoms with Gasteiger partial charge in [0.2, 0.25) is 0 Å². The fraction of sp³-hybridized carbons (Fsp3) is 0.692. The zero-order chi connectivity index (χ0) is 20.3. The van der Waals surface area contributed by atoms with E-state index in [2.05, 4.69) is 36.5 Å². The Bertz CT molecular complexity index is 844. The van der Waals surface area contributed by atoms with Crippen LogP contribution in [0.15, 0.2) is 35.3 Å². The van der Waals surface area contributed by atoms with Crippen molar-refractivity contribution in [2.45, 2.75) is 87.9 Å². The highest BCUT2D eigenvalue weighted by atomic mass is 32.1. The van der Waals surface area contributed by atoms with Crippen molar-refractivity contribution in [3.05, 3.63) is 35.9 Å². The average Bonchev–Trinajstić information content (AvgIpc) is 3.52. The minimum Gasteiger partial charge on any atom is -0.374 e. The van der Waals surface area contributed by atoms with Gasteiger partial charge < -0.3 is 10.5 Å². The highest BCUT2D eigenvalue weighted by Gasteiger charge is 2.70. The summed E-state index contributed by atoms with van der Waals surface area (Å²) in [5, 5.41) is 0. The molecule has 0 aromatic heterocycles. The summed E-state index contributed by atoms with van der Waals surface area (Å²) in [6, 6.07) is 11.6. The third-order valence-corrected chi connectivity index (χ3v) is 9.53. The van der Waals surface area contributed by atoms with E-state index >= 15 is 0 Å². The van der Waals surface area contributed by atoms with E-state index in [1.165, 1.54) is 44.1 Å². The minimum absolute atomic E-state index is 0.0647. The zero-order valence-corrected chi connectivity index (χ0v) is 18.7. The normalized spacial score (nSPS) is 44.8. The molecular weight excluding hydrogens is 388 g/mol. The minimum atomic E-state index is 0.0647. The number of hydrogen-bond acceptors (Lipinski definition) is 3. The number of ether oxygens (including phenoxy) is 1. The van der Waals surface area contributed by atoms with Gasteiger partial charge in [0.15, 0.2) is 0 Å². The van der Waals surface area contributed by atoms with Crippen LogP contribution in [0.25, 0.3) is 0 Å². The fourth-order valence-corrected chi connectivity index (χ4v) is 7.88. The summed E-state index contributed by atoms with van der Waals surface area (Å²) in [5.41, 5.74) is 7.94. The number of benzene rings is 1. The van der Waals surface area contributed by atoms with Gasteiger partial charge in [0.25, 0.3) is 0 Å². The van der Waals surface area contributed by atoms with Gasteiger partial charge in [-0.1, -0.05) is 42.5 Å². The van der Waals surface area contributed by atoms with Gasteiger partial charge in [0.05, 0.1) is 12.2 Å². The van der Waals surface area contributed by atoms with Crippen molar-refractivity contribution in [2.75, 3.05) is 0 Å². The van der Waals surface area contributed by atoms with Gasteiger partial charge in [-0.2, -0.15) is 0 Å². The molecule has 4 heteroatoms. The molecule has 0 saturated heterocycles. The summed E-state index contributed by atoms with van der Waals surface area (Å²) in [4.78, 5) is 5.99. The molecule has 2 N–H and O–H groups in total. The Labute approximate surface area is 185 Å². The molecule has 0 heterocycles. The van der Waals surface area contributed by atoms with E-state index in [1.807, 2.05) is 0 Å². The largest absolute Gasteiger partial charge is 0.374 e. The molecule has 1 aromatic rings. The molecule has 6 aliphatic carbocycles. The molecule has 30 heavy (non-hydrogen) atoms. The van der Waals surface area contributed by atoms with Gasteiger partial charge in [-0.25, -0.2) is 0 Å². The quantitative estimate of drug-likeness (QED) is 0.523. The molecular formula is C26H34N2OS. The van der Waals surface area contributed by atoms with Crippen LogP contribution in [-0.2, 0) is 10.2 Å². The zero-order valence-electron chi connectivity index (χ0n) is 17.8. The van der Waals surface area contributed by atoms with Crippen LogP contribution in [0, 0.1) is 23.2 Å². The van der Waals surface area contributed by atoms with Crippen LogP contribution >= 0.6 is 12.2 Å². The van der Waals surface area contributed by atoms with E-state index in [0.29, 0.717) is 36.0 Å². The molecule has 160 valence electrons. The third-order valence-electron chi connectivity index (χ3n) is 9.02. The summed E-state index contributed by atoms with van der Waals surface area (Å²) in [5.74, 6) is 1.73. The summed E-state index contributed by atoms with van der Waals surface area (Å²) < 4.78 is 6.62. The van der Waals surface area contributed by atoms with Crippen LogP contribution < -0.4 is 5.73 Å². The van der Waals surface area contributed by atoms with Crippen LogP contribution in [0.5, 0.6) is 0 Å². The molecule has 6 aliphatic rings.